The van der Waals surface area contributed by atoms with Crippen LogP contribution in [0.4, 0.5) is 28.4 Å². The van der Waals surface area contributed by atoms with Crippen LogP contribution in [-0.4, -0.2) is 6.04 Å². The normalized spacial score (nSPS) is 12.8. The van der Waals surface area contributed by atoms with Crippen LogP contribution in [0.3, 0.4) is 0 Å². The summed E-state index contributed by atoms with van der Waals surface area (Å²) in [4.78, 5) is 5.21. The first-order chi connectivity index (χ1) is 30.6. The maximum atomic E-state index is 2.71. The Morgan fingerprint density at radius 3 is 1.27 bits per heavy atom. The third kappa shape index (κ3) is 11.3. The summed E-state index contributed by atoms with van der Waals surface area (Å²) in [5.74, 6) is 0.399. The van der Waals surface area contributed by atoms with E-state index in [9.17, 15) is 0 Å². The largest absolute Gasteiger partial charge is 0.337 e. The molecule has 0 bridgehead atoms. The fourth-order valence-electron chi connectivity index (χ4n) is 10.2. The molecule has 5 aromatic rings. The van der Waals surface area contributed by atoms with Crippen molar-refractivity contribution in [2.24, 2.45) is 5.92 Å². The van der Waals surface area contributed by atoms with E-state index in [0.29, 0.717) is 5.92 Å². The molecule has 1 atom stereocenters. The molecule has 2 nitrogen and oxygen atoms in total. The minimum Gasteiger partial charge on any atom is -0.337 e. The van der Waals surface area contributed by atoms with Crippen LogP contribution >= 0.6 is 0 Å². The number of hydrogen-bond acceptors (Lipinski definition) is 2. The van der Waals surface area contributed by atoms with Crippen molar-refractivity contribution in [1.29, 1.82) is 0 Å². The van der Waals surface area contributed by atoms with Gasteiger partial charge in [0.2, 0.25) is 0 Å². The van der Waals surface area contributed by atoms with Crippen LogP contribution in [0.5, 0.6) is 0 Å². The maximum Gasteiger partial charge on any atom is 0.0520 e. The van der Waals surface area contributed by atoms with Gasteiger partial charge in [-0.05, 0) is 201 Å². The van der Waals surface area contributed by atoms with E-state index in [-0.39, 0.29) is 16.9 Å². The molecule has 0 spiro atoms. The summed E-state index contributed by atoms with van der Waals surface area (Å²) in [7, 11) is 0. The second-order valence-corrected chi connectivity index (χ2v) is 20.1. The number of rotatable bonds is 22. The van der Waals surface area contributed by atoms with E-state index >= 15 is 0 Å². The van der Waals surface area contributed by atoms with Crippen LogP contribution in [-0.2, 0) is 23.7 Å². The van der Waals surface area contributed by atoms with Crippen LogP contribution in [0, 0.1) is 33.6 Å². The molecule has 64 heavy (non-hydrogen) atoms. The van der Waals surface area contributed by atoms with Crippen LogP contribution in [0.15, 0.2) is 103 Å². The second kappa shape index (κ2) is 22.6. The monoisotopic (exact) mass is 859 g/mol. The van der Waals surface area contributed by atoms with Gasteiger partial charge < -0.3 is 9.80 Å². The first-order valence-electron chi connectivity index (χ1n) is 25.4. The molecular formula is C62H86N2. The molecule has 2 heteroatoms. The Morgan fingerprint density at radius 2 is 0.906 bits per heavy atom. The van der Waals surface area contributed by atoms with Gasteiger partial charge in [0.05, 0.1) is 5.69 Å². The predicted octanol–water partition coefficient (Wildman–Crippen LogP) is 18.9. The number of allylic oxidation sites excluding steroid dienone is 1. The smallest absolute Gasteiger partial charge is 0.0520 e. The highest BCUT2D eigenvalue weighted by atomic mass is 15.2. The van der Waals surface area contributed by atoms with E-state index in [4.69, 9.17) is 0 Å². The Balaban J connectivity index is 1.59. The van der Waals surface area contributed by atoms with Crippen LogP contribution in [0.2, 0.25) is 0 Å². The number of anilines is 5. The van der Waals surface area contributed by atoms with Crippen LogP contribution in [0.1, 0.15) is 184 Å². The van der Waals surface area contributed by atoms with Gasteiger partial charge in [-0.2, -0.15) is 0 Å². The Morgan fingerprint density at radius 1 is 0.531 bits per heavy atom. The fraction of sp³-hybridized carbons (Fsp3) is 0.484. The van der Waals surface area contributed by atoms with Gasteiger partial charge in [0.15, 0.2) is 0 Å². The molecule has 0 aliphatic rings. The quantitative estimate of drug-likeness (QED) is 0.0684. The van der Waals surface area contributed by atoms with Gasteiger partial charge in [0.25, 0.3) is 0 Å². The van der Waals surface area contributed by atoms with E-state index in [1.54, 1.807) is 0 Å². The van der Waals surface area contributed by atoms with E-state index in [2.05, 4.69) is 217 Å². The lowest BCUT2D eigenvalue weighted by Gasteiger charge is -2.39. The lowest BCUT2D eigenvalue weighted by atomic mass is 9.78. The third-order valence-electron chi connectivity index (χ3n) is 15.4. The summed E-state index contributed by atoms with van der Waals surface area (Å²) < 4.78 is 0. The SMILES string of the molecule is C/C=C(\CC(C(C)C)N(c1ccc(C(C)(CC)CC)cc1)c1c(C)cc(CCCC)cc1C)c1ccc(N(c2ccc(C(C)(CC)CC)cc2)c2c(C)cc(CCCC)cc2C)cc1. The molecule has 0 fully saturated rings. The molecule has 0 saturated heterocycles. The molecule has 0 aromatic heterocycles. The van der Waals surface area contributed by atoms with Crippen molar-refractivity contribution in [3.63, 3.8) is 0 Å². The minimum absolute atomic E-state index is 0.175. The van der Waals surface area contributed by atoms with Gasteiger partial charge in [-0.3, -0.25) is 0 Å². The van der Waals surface area contributed by atoms with Crippen LogP contribution in [0.25, 0.3) is 5.57 Å². The number of aryl methyl sites for hydroxylation is 6. The Kier molecular flexibility index (Phi) is 17.8. The summed E-state index contributed by atoms with van der Waals surface area (Å²) in [5.41, 5.74) is 20.5. The van der Waals surface area contributed by atoms with Crippen molar-refractivity contribution in [1.82, 2.24) is 0 Å². The lowest BCUT2D eigenvalue weighted by Crippen LogP contribution is -2.37. The molecule has 0 saturated carbocycles. The van der Waals surface area contributed by atoms with Crippen molar-refractivity contribution in [3.05, 3.63) is 153 Å². The van der Waals surface area contributed by atoms with Gasteiger partial charge >= 0.3 is 0 Å². The number of benzene rings is 5. The highest BCUT2D eigenvalue weighted by molar-refractivity contribution is 5.82. The summed E-state index contributed by atoms with van der Waals surface area (Å²) in [6.07, 6.45) is 14.9. The zero-order valence-electron chi connectivity index (χ0n) is 43.1. The Bertz CT molecular complexity index is 2220. The van der Waals surface area contributed by atoms with Crippen molar-refractivity contribution in [3.8, 4) is 0 Å². The molecule has 1 unspecified atom stereocenters. The minimum atomic E-state index is 0.175. The lowest BCUT2D eigenvalue weighted by molar-refractivity contribution is 0.439. The average Bonchev–Trinajstić information content (AvgIpc) is 3.30. The number of nitrogens with zero attached hydrogens (tertiary/aromatic N) is 2. The third-order valence-corrected chi connectivity index (χ3v) is 15.4. The zero-order valence-corrected chi connectivity index (χ0v) is 43.1. The first kappa shape index (κ1) is 50.4. The van der Waals surface area contributed by atoms with Crippen LogP contribution < -0.4 is 9.80 Å². The van der Waals surface area contributed by atoms with Gasteiger partial charge in [0, 0.05) is 28.8 Å². The molecule has 5 rings (SSSR count). The highest BCUT2D eigenvalue weighted by Crippen LogP contribution is 2.44. The van der Waals surface area contributed by atoms with E-state index < -0.39 is 0 Å². The molecule has 0 aliphatic carbocycles. The van der Waals surface area contributed by atoms with Crippen molar-refractivity contribution >= 4 is 34.0 Å². The molecule has 0 N–H and O–H groups in total. The molecule has 0 heterocycles. The number of hydrogen-bond donors (Lipinski definition) is 0. The zero-order chi connectivity index (χ0) is 46.8. The second-order valence-electron chi connectivity index (χ2n) is 20.1. The predicted molar refractivity (Wildman–Crippen MR) is 285 cm³/mol. The molecule has 0 amide bonds. The van der Waals surface area contributed by atoms with Gasteiger partial charge in [0.1, 0.15) is 0 Å². The topological polar surface area (TPSA) is 6.48 Å². The molecule has 5 aromatic carbocycles. The van der Waals surface area contributed by atoms with E-state index in [1.807, 2.05) is 0 Å². The van der Waals surface area contributed by atoms with Crippen molar-refractivity contribution in [2.45, 2.75) is 191 Å². The number of unbranched alkanes of at least 4 members (excludes halogenated alkanes) is 2. The van der Waals surface area contributed by atoms with Gasteiger partial charge in [-0.25, -0.2) is 0 Å². The van der Waals surface area contributed by atoms with Gasteiger partial charge in [-0.15, -0.1) is 0 Å². The first-order valence-corrected chi connectivity index (χ1v) is 25.4. The van der Waals surface area contributed by atoms with Crippen molar-refractivity contribution < 1.29 is 0 Å². The maximum absolute atomic E-state index is 2.71. The highest BCUT2D eigenvalue weighted by Gasteiger charge is 2.30. The Hall–Kier alpha value is -4.56. The Labute approximate surface area is 392 Å². The van der Waals surface area contributed by atoms with Crippen molar-refractivity contribution in [2.75, 3.05) is 9.80 Å². The van der Waals surface area contributed by atoms with E-state index in [0.717, 1.165) is 44.9 Å². The summed E-state index contributed by atoms with van der Waals surface area (Å²) in [6, 6.07) is 38.6. The average molecular weight is 859 g/mol. The molecular weight excluding hydrogens is 773 g/mol. The summed E-state index contributed by atoms with van der Waals surface area (Å²) in [5, 5.41) is 0. The summed E-state index contributed by atoms with van der Waals surface area (Å²) in [6.45, 7) is 35.0. The molecule has 344 valence electrons. The van der Waals surface area contributed by atoms with Gasteiger partial charge in [-0.1, -0.05) is 149 Å². The molecule has 0 radical (unpaired) electrons. The summed E-state index contributed by atoms with van der Waals surface area (Å²) >= 11 is 0. The molecule has 0 aliphatic heterocycles. The fourth-order valence-corrected chi connectivity index (χ4v) is 10.2. The standard InChI is InChI=1S/C62H86N2/c1-16-23-25-49-39-45(10)59(46(11)40-49)63(56-35-29-53(30-36-56)61(14,19-4)20-5)55-33-27-52(28-34-55)51(18-3)43-58(44(8)9)64(57-37-31-54(32-38-57)62(15,21-6)22-7)60-47(12)41-50(26-24-17-2)42-48(60)13/h18,27-42,44,58H,16-17,19-26,43H2,1-15H3/b51-18+. The van der Waals surface area contributed by atoms with E-state index in [1.165, 1.54) is 110 Å².